The molecule has 4 heteroatoms. The highest BCUT2D eigenvalue weighted by atomic mass is 79.9. The molecule has 3 rings (SSSR count). The fourth-order valence-electron chi connectivity index (χ4n) is 2.81. The van der Waals surface area contributed by atoms with Gasteiger partial charge in [0, 0.05) is 21.3 Å². The van der Waals surface area contributed by atoms with Gasteiger partial charge in [-0.3, -0.25) is 0 Å². The van der Waals surface area contributed by atoms with Crippen molar-refractivity contribution in [3.05, 3.63) is 62.0 Å². The maximum atomic E-state index is 9.78. The van der Waals surface area contributed by atoms with Crippen LogP contribution in [0.25, 0.3) is 0 Å². The summed E-state index contributed by atoms with van der Waals surface area (Å²) < 4.78 is 7.89. The molecule has 1 aliphatic heterocycles. The predicted octanol–water partition coefficient (Wildman–Crippen LogP) is 4.47. The molecular formula is C17H16Br2O2. The number of hydrogen-bond donors (Lipinski definition) is 1. The highest BCUT2D eigenvalue weighted by molar-refractivity contribution is 9.10. The predicted molar refractivity (Wildman–Crippen MR) is 91.0 cm³/mol. The molecule has 2 aromatic rings. The zero-order chi connectivity index (χ0) is 14.8. The smallest absolute Gasteiger partial charge is 0.125 e. The lowest BCUT2D eigenvalue weighted by Crippen LogP contribution is -2.08. The summed E-state index contributed by atoms with van der Waals surface area (Å²) in [5, 5.41) is 9.78. The Balaban J connectivity index is 1.91. The number of aliphatic hydroxyl groups excluding tert-OH is 1. The van der Waals surface area contributed by atoms with Gasteiger partial charge in [0.15, 0.2) is 0 Å². The number of fused-ring (bicyclic) bond motifs is 1. The summed E-state index contributed by atoms with van der Waals surface area (Å²) in [5.74, 6) is 1.08. The quantitative estimate of drug-likeness (QED) is 0.804. The van der Waals surface area contributed by atoms with E-state index in [4.69, 9.17) is 4.74 Å². The molecule has 0 fully saturated rings. The van der Waals surface area contributed by atoms with Crippen molar-refractivity contribution in [2.75, 3.05) is 13.2 Å². The van der Waals surface area contributed by atoms with Gasteiger partial charge in [0.05, 0.1) is 13.2 Å². The first kappa shape index (κ1) is 15.1. The number of halogens is 2. The van der Waals surface area contributed by atoms with Gasteiger partial charge in [-0.15, -0.1) is 0 Å². The van der Waals surface area contributed by atoms with Crippen LogP contribution in [0.3, 0.4) is 0 Å². The molecule has 0 aromatic heterocycles. The molecule has 0 amide bonds. The third-order valence-electron chi connectivity index (χ3n) is 3.83. The van der Waals surface area contributed by atoms with Crippen molar-refractivity contribution in [2.45, 2.75) is 18.8 Å². The van der Waals surface area contributed by atoms with E-state index in [2.05, 4.69) is 56.1 Å². The standard InChI is InChI=1S/C17H16Br2O2/c18-15-3-1-2-11(7-15)14(10-20)6-13-9-16(19)8-12-4-5-21-17(12)13/h1-3,7-9,14,20H,4-6,10H2. The van der Waals surface area contributed by atoms with Gasteiger partial charge in [-0.2, -0.15) is 0 Å². The second-order valence-electron chi connectivity index (χ2n) is 5.29. The molecule has 2 aromatic carbocycles. The first-order chi connectivity index (χ1) is 10.2. The van der Waals surface area contributed by atoms with Crippen molar-refractivity contribution in [3.8, 4) is 5.75 Å². The molecule has 1 aliphatic rings. The van der Waals surface area contributed by atoms with E-state index in [0.29, 0.717) is 0 Å². The van der Waals surface area contributed by atoms with Gasteiger partial charge in [0.2, 0.25) is 0 Å². The molecule has 0 saturated heterocycles. The second kappa shape index (κ2) is 6.51. The molecule has 1 unspecified atom stereocenters. The molecule has 1 atom stereocenters. The Kier molecular flexibility index (Phi) is 4.67. The van der Waals surface area contributed by atoms with Crippen LogP contribution in [-0.4, -0.2) is 18.3 Å². The minimum absolute atomic E-state index is 0.0742. The molecule has 0 spiro atoms. The van der Waals surface area contributed by atoms with Crippen molar-refractivity contribution in [2.24, 2.45) is 0 Å². The van der Waals surface area contributed by atoms with Crippen LogP contribution in [0.5, 0.6) is 5.75 Å². The minimum Gasteiger partial charge on any atom is -0.493 e. The molecule has 0 radical (unpaired) electrons. The fourth-order valence-corrected chi connectivity index (χ4v) is 3.78. The zero-order valence-electron chi connectivity index (χ0n) is 11.5. The van der Waals surface area contributed by atoms with Crippen LogP contribution in [0.2, 0.25) is 0 Å². The van der Waals surface area contributed by atoms with Gasteiger partial charge in [0.25, 0.3) is 0 Å². The van der Waals surface area contributed by atoms with Gasteiger partial charge in [-0.1, -0.05) is 44.0 Å². The largest absolute Gasteiger partial charge is 0.493 e. The third kappa shape index (κ3) is 3.33. The Morgan fingerprint density at radius 2 is 2.00 bits per heavy atom. The summed E-state index contributed by atoms with van der Waals surface area (Å²) in [7, 11) is 0. The molecule has 21 heavy (non-hydrogen) atoms. The Morgan fingerprint density at radius 3 is 2.76 bits per heavy atom. The van der Waals surface area contributed by atoms with E-state index in [1.807, 2.05) is 12.1 Å². The Morgan fingerprint density at radius 1 is 1.14 bits per heavy atom. The topological polar surface area (TPSA) is 29.5 Å². The van der Waals surface area contributed by atoms with Gasteiger partial charge >= 0.3 is 0 Å². The average Bonchev–Trinajstić information content (AvgIpc) is 2.92. The van der Waals surface area contributed by atoms with Crippen LogP contribution in [0.4, 0.5) is 0 Å². The second-order valence-corrected chi connectivity index (χ2v) is 7.12. The first-order valence-corrected chi connectivity index (χ1v) is 8.56. The number of hydrogen-bond acceptors (Lipinski definition) is 2. The minimum atomic E-state index is 0.0742. The Hall–Kier alpha value is -0.840. The number of aliphatic hydroxyl groups is 1. The maximum Gasteiger partial charge on any atom is 0.125 e. The van der Waals surface area contributed by atoms with Crippen molar-refractivity contribution >= 4 is 31.9 Å². The molecule has 1 N–H and O–H groups in total. The van der Waals surface area contributed by atoms with Crippen LogP contribution in [0.15, 0.2) is 45.3 Å². The van der Waals surface area contributed by atoms with E-state index >= 15 is 0 Å². The lowest BCUT2D eigenvalue weighted by atomic mass is 9.91. The SMILES string of the molecule is OCC(Cc1cc(Br)cc2c1OCC2)c1cccc(Br)c1. The Labute approximate surface area is 141 Å². The van der Waals surface area contributed by atoms with Gasteiger partial charge in [0.1, 0.15) is 5.75 Å². The van der Waals surface area contributed by atoms with E-state index in [0.717, 1.165) is 45.3 Å². The highest BCUT2D eigenvalue weighted by Crippen LogP contribution is 2.36. The normalized spacial score (nSPS) is 14.6. The van der Waals surface area contributed by atoms with E-state index in [-0.39, 0.29) is 12.5 Å². The van der Waals surface area contributed by atoms with Crippen molar-refractivity contribution in [1.82, 2.24) is 0 Å². The number of rotatable bonds is 4. The number of ether oxygens (including phenoxy) is 1. The van der Waals surface area contributed by atoms with E-state index in [1.165, 1.54) is 5.56 Å². The fraction of sp³-hybridized carbons (Fsp3) is 0.294. The van der Waals surface area contributed by atoms with Crippen LogP contribution in [0, 0.1) is 0 Å². The van der Waals surface area contributed by atoms with Crippen LogP contribution in [0.1, 0.15) is 22.6 Å². The van der Waals surface area contributed by atoms with Gasteiger partial charge < -0.3 is 9.84 Å². The molecule has 1 heterocycles. The molecule has 0 bridgehead atoms. The lowest BCUT2D eigenvalue weighted by molar-refractivity contribution is 0.263. The molecule has 0 saturated carbocycles. The van der Waals surface area contributed by atoms with E-state index in [1.54, 1.807) is 0 Å². The maximum absolute atomic E-state index is 9.78. The van der Waals surface area contributed by atoms with Crippen molar-refractivity contribution < 1.29 is 9.84 Å². The summed E-state index contributed by atoms with van der Waals surface area (Å²) in [6.07, 6.45) is 1.73. The van der Waals surface area contributed by atoms with Crippen LogP contribution in [-0.2, 0) is 12.8 Å². The first-order valence-electron chi connectivity index (χ1n) is 6.98. The highest BCUT2D eigenvalue weighted by Gasteiger charge is 2.21. The molecule has 0 aliphatic carbocycles. The van der Waals surface area contributed by atoms with Crippen LogP contribution >= 0.6 is 31.9 Å². The van der Waals surface area contributed by atoms with E-state index in [9.17, 15) is 5.11 Å². The summed E-state index contributed by atoms with van der Waals surface area (Å²) in [4.78, 5) is 0. The van der Waals surface area contributed by atoms with Crippen LogP contribution < -0.4 is 4.74 Å². The van der Waals surface area contributed by atoms with E-state index < -0.39 is 0 Å². The number of benzene rings is 2. The van der Waals surface area contributed by atoms with Crippen molar-refractivity contribution in [1.29, 1.82) is 0 Å². The zero-order valence-corrected chi connectivity index (χ0v) is 14.7. The van der Waals surface area contributed by atoms with Gasteiger partial charge in [-0.25, -0.2) is 0 Å². The third-order valence-corrected chi connectivity index (χ3v) is 4.78. The Bertz CT molecular complexity index is 655. The van der Waals surface area contributed by atoms with Gasteiger partial charge in [-0.05, 0) is 47.4 Å². The molecule has 110 valence electrons. The summed E-state index contributed by atoms with van der Waals surface area (Å²) in [5.41, 5.74) is 3.56. The summed E-state index contributed by atoms with van der Waals surface area (Å²) >= 11 is 7.06. The summed E-state index contributed by atoms with van der Waals surface area (Å²) in [6, 6.07) is 12.4. The monoisotopic (exact) mass is 410 g/mol. The van der Waals surface area contributed by atoms with Crippen molar-refractivity contribution in [3.63, 3.8) is 0 Å². The average molecular weight is 412 g/mol. The lowest BCUT2D eigenvalue weighted by Gasteiger charge is -2.17. The molecular weight excluding hydrogens is 396 g/mol. The summed E-state index contributed by atoms with van der Waals surface area (Å²) in [6.45, 7) is 0.872. The molecule has 2 nitrogen and oxygen atoms in total.